The van der Waals surface area contributed by atoms with E-state index >= 15 is 0 Å². The molecular formula is C29H48N4O. The highest BCUT2D eigenvalue weighted by atomic mass is 16.2. The Bertz CT molecular complexity index is 748. The summed E-state index contributed by atoms with van der Waals surface area (Å²) in [6, 6.07) is 9.10. The third kappa shape index (κ3) is 8.63. The van der Waals surface area contributed by atoms with E-state index < -0.39 is 0 Å². The van der Waals surface area contributed by atoms with Crippen molar-refractivity contribution >= 4 is 23.6 Å². The quantitative estimate of drug-likeness (QED) is 0.364. The number of hydrogen-bond donors (Lipinski definition) is 1. The van der Waals surface area contributed by atoms with E-state index in [1.165, 1.54) is 51.4 Å². The molecule has 0 spiro atoms. The minimum atomic E-state index is 0.0586. The van der Waals surface area contributed by atoms with Crippen molar-refractivity contribution in [1.29, 1.82) is 0 Å². The van der Waals surface area contributed by atoms with Crippen LogP contribution in [0, 0.1) is 11.8 Å². The molecule has 2 amide bonds. The molecule has 2 aliphatic rings. The fourth-order valence-corrected chi connectivity index (χ4v) is 5.38. The molecule has 2 saturated carbocycles. The van der Waals surface area contributed by atoms with Crippen LogP contribution in [-0.4, -0.2) is 49.9 Å². The second-order valence-corrected chi connectivity index (χ2v) is 11.1. The predicted molar refractivity (Wildman–Crippen MR) is 146 cm³/mol. The molecule has 0 bridgehead atoms. The number of urea groups is 1. The summed E-state index contributed by atoms with van der Waals surface area (Å²) in [7, 11) is 4.06. The molecule has 1 aromatic carbocycles. The SMILES string of the molecule is CC(C=NC1CCCCC1)CCC(C)CN(C(=O)Nc1ccc(N(C)C)cc1)C1CCCCC1. The van der Waals surface area contributed by atoms with E-state index in [9.17, 15) is 4.79 Å². The van der Waals surface area contributed by atoms with Crippen molar-refractivity contribution in [3.63, 3.8) is 0 Å². The standard InChI is InChI=1S/C29H48N4O/c1-23(21-30-25-11-7-5-8-12-25)15-16-24(2)22-33(28-13-9-6-10-14-28)29(34)31-26-17-19-27(20-18-26)32(3)4/h17-21,23-25,28H,5-16,22H2,1-4H3,(H,31,34). The Morgan fingerprint density at radius 2 is 1.59 bits per heavy atom. The molecule has 5 nitrogen and oxygen atoms in total. The van der Waals surface area contributed by atoms with Crippen molar-refractivity contribution in [3.05, 3.63) is 24.3 Å². The molecule has 1 N–H and O–H groups in total. The summed E-state index contributed by atoms with van der Waals surface area (Å²) in [5.41, 5.74) is 2.01. The van der Waals surface area contributed by atoms with Gasteiger partial charge in [-0.2, -0.15) is 0 Å². The molecule has 5 heteroatoms. The van der Waals surface area contributed by atoms with Crippen LogP contribution >= 0.6 is 0 Å². The summed E-state index contributed by atoms with van der Waals surface area (Å²) in [5.74, 6) is 0.992. The van der Waals surface area contributed by atoms with Gasteiger partial charge in [0.25, 0.3) is 0 Å². The first-order chi connectivity index (χ1) is 16.4. The first-order valence-electron chi connectivity index (χ1n) is 13.8. The molecule has 0 saturated heterocycles. The van der Waals surface area contributed by atoms with Crippen molar-refractivity contribution in [1.82, 2.24) is 4.90 Å². The molecule has 0 aliphatic heterocycles. The molecule has 2 aliphatic carbocycles. The van der Waals surface area contributed by atoms with Crippen LogP contribution in [-0.2, 0) is 0 Å². The molecule has 190 valence electrons. The van der Waals surface area contributed by atoms with Crippen LogP contribution in [0.3, 0.4) is 0 Å². The molecule has 1 aromatic rings. The molecule has 3 rings (SSSR count). The summed E-state index contributed by atoms with van der Waals surface area (Å²) in [5, 5.41) is 3.18. The number of anilines is 2. The third-order valence-electron chi connectivity index (χ3n) is 7.66. The van der Waals surface area contributed by atoms with E-state index in [1.54, 1.807) is 0 Å². The molecule has 2 unspecified atom stereocenters. The monoisotopic (exact) mass is 468 g/mol. The molecular weight excluding hydrogens is 420 g/mol. The van der Waals surface area contributed by atoms with E-state index in [2.05, 4.69) is 47.3 Å². The van der Waals surface area contributed by atoms with Crippen LogP contribution in [0.1, 0.15) is 90.9 Å². The Kier molecular flexibility index (Phi) is 10.7. The van der Waals surface area contributed by atoms with Gasteiger partial charge < -0.3 is 15.1 Å². The highest BCUT2D eigenvalue weighted by Gasteiger charge is 2.27. The number of aliphatic imine (C=N–C) groups is 1. The molecule has 34 heavy (non-hydrogen) atoms. The van der Waals surface area contributed by atoms with Crippen molar-refractivity contribution in [2.24, 2.45) is 16.8 Å². The lowest BCUT2D eigenvalue weighted by Gasteiger charge is -2.36. The van der Waals surface area contributed by atoms with Crippen LogP contribution in [0.25, 0.3) is 0 Å². The van der Waals surface area contributed by atoms with Gasteiger partial charge in [-0.3, -0.25) is 4.99 Å². The van der Waals surface area contributed by atoms with Crippen LogP contribution in [0.2, 0.25) is 0 Å². The van der Waals surface area contributed by atoms with Crippen molar-refractivity contribution < 1.29 is 4.79 Å². The first kappa shape index (κ1) is 26.6. The maximum absolute atomic E-state index is 13.4. The summed E-state index contributed by atoms with van der Waals surface area (Å²) in [6.45, 7) is 5.43. The van der Waals surface area contributed by atoms with Gasteiger partial charge in [0.2, 0.25) is 0 Å². The Balaban J connectivity index is 1.53. The van der Waals surface area contributed by atoms with E-state index in [0.29, 0.717) is 23.9 Å². The van der Waals surface area contributed by atoms with Crippen molar-refractivity contribution in [2.75, 3.05) is 30.9 Å². The summed E-state index contributed by atoms with van der Waals surface area (Å²) < 4.78 is 0. The van der Waals surface area contributed by atoms with Crippen LogP contribution in [0.15, 0.2) is 29.3 Å². The summed E-state index contributed by atoms with van der Waals surface area (Å²) in [4.78, 5) is 22.5. The van der Waals surface area contributed by atoms with Crippen LogP contribution < -0.4 is 10.2 Å². The average Bonchev–Trinajstić information content (AvgIpc) is 2.86. The molecule has 2 atom stereocenters. The van der Waals surface area contributed by atoms with Crippen molar-refractivity contribution in [3.8, 4) is 0 Å². The van der Waals surface area contributed by atoms with Crippen molar-refractivity contribution in [2.45, 2.75) is 103 Å². The predicted octanol–water partition coefficient (Wildman–Crippen LogP) is 7.38. The highest BCUT2D eigenvalue weighted by molar-refractivity contribution is 5.89. The number of hydrogen-bond acceptors (Lipinski definition) is 3. The van der Waals surface area contributed by atoms with Gasteiger partial charge in [-0.1, -0.05) is 52.4 Å². The second kappa shape index (κ2) is 13.7. The molecule has 2 fully saturated rings. The fraction of sp³-hybridized carbons (Fsp3) is 0.724. The largest absolute Gasteiger partial charge is 0.378 e. The molecule has 0 aromatic heterocycles. The number of carbonyl (C=O) groups is 1. The zero-order valence-corrected chi connectivity index (χ0v) is 22.1. The lowest BCUT2D eigenvalue weighted by Crippen LogP contribution is -2.46. The Morgan fingerprint density at radius 3 is 2.21 bits per heavy atom. The maximum Gasteiger partial charge on any atom is 0.322 e. The Hall–Kier alpha value is -2.04. The minimum Gasteiger partial charge on any atom is -0.378 e. The van der Waals surface area contributed by atoms with Gasteiger partial charge in [-0.25, -0.2) is 4.79 Å². The van der Waals surface area contributed by atoms with Gasteiger partial charge >= 0.3 is 6.03 Å². The summed E-state index contributed by atoms with van der Waals surface area (Å²) >= 11 is 0. The number of nitrogens with one attached hydrogen (secondary N) is 1. The topological polar surface area (TPSA) is 47.9 Å². The molecule has 0 radical (unpaired) electrons. The third-order valence-corrected chi connectivity index (χ3v) is 7.66. The van der Waals surface area contributed by atoms with Gasteiger partial charge in [0.1, 0.15) is 0 Å². The first-order valence-corrected chi connectivity index (χ1v) is 13.8. The normalized spacial score (nSPS) is 19.6. The second-order valence-electron chi connectivity index (χ2n) is 11.1. The van der Waals surface area contributed by atoms with Crippen LogP contribution in [0.4, 0.5) is 16.2 Å². The number of amides is 2. The number of rotatable bonds is 10. The smallest absolute Gasteiger partial charge is 0.322 e. The number of benzene rings is 1. The average molecular weight is 469 g/mol. The number of carbonyl (C=O) groups excluding carboxylic acids is 1. The fourth-order valence-electron chi connectivity index (χ4n) is 5.38. The van der Waals surface area contributed by atoms with E-state index in [-0.39, 0.29) is 6.03 Å². The maximum atomic E-state index is 13.4. The summed E-state index contributed by atoms with van der Waals surface area (Å²) in [6.07, 6.45) is 17.1. The number of nitrogens with zero attached hydrogens (tertiary/aromatic N) is 3. The Morgan fingerprint density at radius 1 is 0.971 bits per heavy atom. The molecule has 0 heterocycles. The minimum absolute atomic E-state index is 0.0586. The van der Waals surface area contributed by atoms with Gasteiger partial charge in [0, 0.05) is 50.3 Å². The van der Waals surface area contributed by atoms with Gasteiger partial charge in [-0.05, 0) is 74.6 Å². The lowest BCUT2D eigenvalue weighted by molar-refractivity contribution is 0.152. The zero-order valence-electron chi connectivity index (χ0n) is 22.1. The van der Waals surface area contributed by atoms with Crippen LogP contribution in [0.5, 0.6) is 0 Å². The van der Waals surface area contributed by atoms with Gasteiger partial charge in [-0.15, -0.1) is 0 Å². The highest BCUT2D eigenvalue weighted by Crippen LogP contribution is 2.26. The zero-order chi connectivity index (χ0) is 24.3. The van der Waals surface area contributed by atoms with E-state index in [4.69, 9.17) is 4.99 Å². The van der Waals surface area contributed by atoms with Gasteiger partial charge in [0.15, 0.2) is 0 Å². The Labute approximate surface area is 208 Å². The van der Waals surface area contributed by atoms with E-state index in [0.717, 1.165) is 43.6 Å². The van der Waals surface area contributed by atoms with E-state index in [1.807, 2.05) is 26.2 Å². The van der Waals surface area contributed by atoms with Gasteiger partial charge in [0.05, 0.1) is 0 Å². The lowest BCUT2D eigenvalue weighted by atomic mass is 9.92.